The van der Waals surface area contributed by atoms with Gasteiger partial charge in [0, 0.05) is 18.7 Å². The van der Waals surface area contributed by atoms with Gasteiger partial charge in [0.15, 0.2) is 0 Å². The van der Waals surface area contributed by atoms with E-state index in [4.69, 9.17) is 5.73 Å². The molecule has 2 aromatic rings. The highest BCUT2D eigenvalue weighted by Crippen LogP contribution is 2.30. The zero-order valence-electron chi connectivity index (χ0n) is 14.5. The van der Waals surface area contributed by atoms with E-state index >= 15 is 0 Å². The molecule has 3 N–H and O–H groups in total. The summed E-state index contributed by atoms with van der Waals surface area (Å²) in [5.74, 6) is -0.101. The minimum absolute atomic E-state index is 0. The van der Waals surface area contributed by atoms with Gasteiger partial charge in [0.25, 0.3) is 5.91 Å². The fourth-order valence-corrected chi connectivity index (χ4v) is 3.22. The quantitative estimate of drug-likeness (QED) is 0.875. The fraction of sp³-hybridized carbons (Fsp3) is 0.444. The van der Waals surface area contributed by atoms with Crippen LogP contribution in [0.5, 0.6) is 0 Å². The molecule has 0 bridgehead atoms. The molecule has 1 amide bonds. The summed E-state index contributed by atoms with van der Waals surface area (Å²) in [4.78, 5) is 12.8. The summed E-state index contributed by atoms with van der Waals surface area (Å²) < 4.78 is 1.69. The summed E-state index contributed by atoms with van der Waals surface area (Å²) >= 11 is 0. The zero-order chi connectivity index (χ0) is 16.8. The van der Waals surface area contributed by atoms with Crippen molar-refractivity contribution in [3.8, 4) is 0 Å². The van der Waals surface area contributed by atoms with E-state index in [0.29, 0.717) is 5.56 Å². The number of aryl methyl sites for hydroxylation is 1. The second-order valence-corrected chi connectivity index (χ2v) is 7.32. The van der Waals surface area contributed by atoms with Crippen LogP contribution in [0.25, 0.3) is 0 Å². The van der Waals surface area contributed by atoms with E-state index in [2.05, 4.69) is 37.3 Å². The number of hydrogen-bond donors (Lipinski definition) is 2. The molecule has 1 aliphatic carbocycles. The monoisotopic (exact) mass is 348 g/mol. The zero-order valence-corrected chi connectivity index (χ0v) is 15.4. The van der Waals surface area contributed by atoms with Gasteiger partial charge in [-0.2, -0.15) is 5.10 Å². The van der Waals surface area contributed by atoms with E-state index in [0.717, 1.165) is 17.7 Å². The molecule has 0 aliphatic heterocycles. The number of hydrogen-bond acceptors (Lipinski definition) is 3. The molecule has 0 spiro atoms. The third kappa shape index (κ3) is 3.32. The fourth-order valence-electron chi connectivity index (χ4n) is 3.22. The molecule has 0 unspecified atom stereocenters. The lowest BCUT2D eigenvalue weighted by molar-refractivity contribution is 0.0931. The number of nitrogens with two attached hydrogens (primary N) is 1. The molecule has 2 atom stereocenters. The first kappa shape index (κ1) is 18.5. The number of benzene rings is 1. The highest BCUT2D eigenvalue weighted by Gasteiger charge is 2.32. The Kier molecular flexibility index (Phi) is 5.06. The molecule has 0 saturated carbocycles. The van der Waals surface area contributed by atoms with E-state index in [1.165, 1.54) is 5.56 Å². The number of halogens is 1. The molecule has 0 saturated heterocycles. The van der Waals surface area contributed by atoms with Crippen molar-refractivity contribution in [3.05, 3.63) is 52.8 Å². The maximum Gasteiger partial charge on any atom is 0.255 e. The van der Waals surface area contributed by atoms with Crippen molar-refractivity contribution >= 4 is 18.3 Å². The van der Waals surface area contributed by atoms with Crippen molar-refractivity contribution in [3.63, 3.8) is 0 Å². The van der Waals surface area contributed by atoms with Crippen LogP contribution >= 0.6 is 12.4 Å². The van der Waals surface area contributed by atoms with Gasteiger partial charge in [-0.15, -0.1) is 12.4 Å². The number of nitrogens with zero attached hydrogens (tertiary/aromatic N) is 2. The lowest BCUT2D eigenvalue weighted by atomic mass is 9.89. The number of aromatic nitrogens is 2. The van der Waals surface area contributed by atoms with Crippen LogP contribution in [0.15, 0.2) is 30.5 Å². The van der Waals surface area contributed by atoms with Crippen LogP contribution in [0, 0.1) is 0 Å². The maximum absolute atomic E-state index is 12.8. The first-order valence-corrected chi connectivity index (χ1v) is 7.95. The number of amides is 1. The van der Waals surface area contributed by atoms with E-state index in [1.807, 2.05) is 25.2 Å². The molecular weight excluding hydrogens is 324 g/mol. The molecule has 24 heavy (non-hydrogen) atoms. The van der Waals surface area contributed by atoms with Crippen LogP contribution in [-0.4, -0.2) is 21.7 Å². The summed E-state index contributed by atoms with van der Waals surface area (Å²) in [7, 11) is 1.84. The lowest BCUT2D eigenvalue weighted by Crippen LogP contribution is -2.41. The Balaban J connectivity index is 0.00000208. The number of rotatable bonds is 2. The number of carbonyl (C=O) groups is 1. The predicted octanol–water partition coefficient (Wildman–Crippen LogP) is 2.49. The van der Waals surface area contributed by atoms with Gasteiger partial charge in [-0.05, 0) is 17.5 Å². The summed E-state index contributed by atoms with van der Waals surface area (Å²) in [6.45, 7) is 6.18. The van der Waals surface area contributed by atoms with Gasteiger partial charge < -0.3 is 11.1 Å². The van der Waals surface area contributed by atoms with Crippen LogP contribution in [0.2, 0.25) is 0 Å². The van der Waals surface area contributed by atoms with Gasteiger partial charge in [-0.3, -0.25) is 9.48 Å². The first-order valence-electron chi connectivity index (χ1n) is 7.95. The number of carbonyl (C=O) groups excluding carboxylic acids is 1. The van der Waals surface area contributed by atoms with E-state index in [-0.39, 0.29) is 35.8 Å². The minimum Gasteiger partial charge on any atom is -0.347 e. The van der Waals surface area contributed by atoms with Crippen molar-refractivity contribution in [1.29, 1.82) is 0 Å². The molecular formula is C18H25ClN4O. The standard InChI is InChI=1S/C18H24N4O.ClH/c1-18(2,3)16-13(10-22(4)21-16)17(23)20-14-9-11-7-5-6-8-12(11)15(14)19;/h5-8,10,14-15H,9,19H2,1-4H3,(H,20,23);1H/t14-,15-;/m1./s1. The molecule has 1 aromatic heterocycles. The minimum atomic E-state index is -0.186. The summed E-state index contributed by atoms with van der Waals surface area (Å²) in [6, 6.07) is 7.87. The Bertz CT molecular complexity index is 748. The Morgan fingerprint density at radius 3 is 2.62 bits per heavy atom. The van der Waals surface area contributed by atoms with Crippen LogP contribution in [0.1, 0.15) is 54.0 Å². The smallest absolute Gasteiger partial charge is 0.255 e. The molecule has 130 valence electrons. The average molecular weight is 349 g/mol. The van der Waals surface area contributed by atoms with Gasteiger partial charge >= 0.3 is 0 Å². The van der Waals surface area contributed by atoms with Crippen molar-refractivity contribution in [2.45, 2.75) is 44.7 Å². The molecule has 1 aliphatic rings. The Morgan fingerprint density at radius 1 is 1.33 bits per heavy atom. The largest absolute Gasteiger partial charge is 0.347 e. The Morgan fingerprint density at radius 2 is 2.00 bits per heavy atom. The van der Waals surface area contributed by atoms with Crippen LogP contribution in [-0.2, 0) is 18.9 Å². The summed E-state index contributed by atoms with van der Waals surface area (Å²) in [6.07, 6.45) is 2.55. The summed E-state index contributed by atoms with van der Waals surface area (Å²) in [5.41, 5.74) is 9.90. The third-order valence-electron chi connectivity index (χ3n) is 4.39. The third-order valence-corrected chi connectivity index (χ3v) is 4.39. The highest BCUT2D eigenvalue weighted by molar-refractivity contribution is 5.95. The van der Waals surface area contributed by atoms with E-state index in [1.54, 1.807) is 10.9 Å². The maximum atomic E-state index is 12.8. The average Bonchev–Trinajstić information content (AvgIpc) is 3.01. The Labute approximate surface area is 149 Å². The van der Waals surface area contributed by atoms with Crippen LogP contribution in [0.3, 0.4) is 0 Å². The van der Waals surface area contributed by atoms with E-state index in [9.17, 15) is 4.79 Å². The molecule has 3 rings (SSSR count). The normalized spacial score (nSPS) is 19.5. The van der Waals surface area contributed by atoms with Gasteiger partial charge in [-0.1, -0.05) is 45.0 Å². The lowest BCUT2D eigenvalue weighted by Gasteiger charge is -2.20. The summed E-state index contributed by atoms with van der Waals surface area (Å²) in [5, 5.41) is 7.56. The van der Waals surface area contributed by atoms with Crippen molar-refractivity contribution in [2.75, 3.05) is 0 Å². The van der Waals surface area contributed by atoms with Gasteiger partial charge in [-0.25, -0.2) is 0 Å². The van der Waals surface area contributed by atoms with Crippen molar-refractivity contribution < 1.29 is 4.79 Å². The second-order valence-electron chi connectivity index (χ2n) is 7.32. The van der Waals surface area contributed by atoms with Crippen molar-refractivity contribution in [1.82, 2.24) is 15.1 Å². The Hall–Kier alpha value is -1.85. The van der Waals surface area contributed by atoms with Crippen LogP contribution < -0.4 is 11.1 Å². The molecule has 0 radical (unpaired) electrons. The topological polar surface area (TPSA) is 72.9 Å². The molecule has 0 fully saturated rings. The predicted molar refractivity (Wildman–Crippen MR) is 97.5 cm³/mol. The van der Waals surface area contributed by atoms with Gasteiger partial charge in [0.1, 0.15) is 0 Å². The van der Waals surface area contributed by atoms with Gasteiger partial charge in [0.2, 0.25) is 0 Å². The number of nitrogens with one attached hydrogen (secondary N) is 1. The second kappa shape index (κ2) is 6.57. The molecule has 1 aromatic carbocycles. The van der Waals surface area contributed by atoms with Crippen molar-refractivity contribution in [2.24, 2.45) is 12.8 Å². The van der Waals surface area contributed by atoms with Crippen LogP contribution in [0.4, 0.5) is 0 Å². The van der Waals surface area contributed by atoms with E-state index < -0.39 is 0 Å². The molecule has 1 heterocycles. The highest BCUT2D eigenvalue weighted by atomic mass is 35.5. The number of fused-ring (bicyclic) bond motifs is 1. The molecule has 5 nitrogen and oxygen atoms in total. The first-order chi connectivity index (χ1) is 10.8. The molecule has 6 heteroatoms. The SMILES string of the molecule is Cl.Cn1cc(C(=O)N[C@@H]2Cc3ccccc3[C@H]2N)c(C(C)(C)C)n1. The van der Waals surface area contributed by atoms with Gasteiger partial charge in [0.05, 0.1) is 23.3 Å².